The number of nitrogens with one attached hydrogen (secondary N) is 1. The van der Waals surface area contributed by atoms with E-state index >= 15 is 0 Å². The molecule has 0 spiro atoms. The van der Waals surface area contributed by atoms with Crippen LogP contribution in [0.5, 0.6) is 0 Å². The number of anilines is 1. The van der Waals surface area contributed by atoms with Crippen molar-refractivity contribution in [3.63, 3.8) is 0 Å². The van der Waals surface area contributed by atoms with Crippen molar-refractivity contribution in [2.24, 2.45) is 14.1 Å². The van der Waals surface area contributed by atoms with Crippen LogP contribution < -0.4 is 22.1 Å². The molecule has 0 radical (unpaired) electrons. The summed E-state index contributed by atoms with van der Waals surface area (Å²) in [4.78, 5) is 55.1. The summed E-state index contributed by atoms with van der Waals surface area (Å²) < 4.78 is 3.61. The SMILES string of the molecule is C=CCn1c(SCC(=O)Nc2cc(=O)n(C)c(=O)n2C)nc2scc(-c3ccccc3)c2c1=O. The molecule has 1 N–H and O–H groups in total. The number of hydrogen-bond acceptors (Lipinski definition) is 7. The third kappa shape index (κ3) is 4.39. The maximum Gasteiger partial charge on any atom is 0.332 e. The number of amides is 1. The van der Waals surface area contributed by atoms with E-state index in [1.54, 1.807) is 6.08 Å². The van der Waals surface area contributed by atoms with Crippen LogP contribution in [0, 0.1) is 0 Å². The lowest BCUT2D eigenvalue weighted by Gasteiger charge is -2.12. The third-order valence-corrected chi connectivity index (χ3v) is 7.03. The zero-order valence-electron chi connectivity index (χ0n) is 18.5. The smallest absolute Gasteiger partial charge is 0.311 e. The first-order valence-corrected chi connectivity index (χ1v) is 12.1. The molecule has 0 saturated carbocycles. The normalized spacial score (nSPS) is 11.0. The average molecular weight is 496 g/mol. The van der Waals surface area contributed by atoms with E-state index in [2.05, 4.69) is 16.9 Å². The largest absolute Gasteiger partial charge is 0.332 e. The monoisotopic (exact) mass is 495 g/mol. The van der Waals surface area contributed by atoms with Gasteiger partial charge in [0, 0.05) is 37.6 Å². The molecular weight excluding hydrogens is 474 g/mol. The molecule has 4 rings (SSSR count). The van der Waals surface area contributed by atoms with Crippen LogP contribution in [-0.2, 0) is 25.4 Å². The van der Waals surface area contributed by atoms with E-state index in [1.165, 1.54) is 40.6 Å². The van der Waals surface area contributed by atoms with E-state index in [0.717, 1.165) is 27.5 Å². The molecule has 1 aromatic carbocycles. The Morgan fingerprint density at radius 2 is 1.91 bits per heavy atom. The number of hydrogen-bond donors (Lipinski definition) is 1. The molecule has 0 fully saturated rings. The van der Waals surface area contributed by atoms with Crippen molar-refractivity contribution < 1.29 is 4.79 Å². The number of nitrogens with zero attached hydrogens (tertiary/aromatic N) is 4. The van der Waals surface area contributed by atoms with E-state index in [-0.39, 0.29) is 23.7 Å². The van der Waals surface area contributed by atoms with Crippen molar-refractivity contribution >= 4 is 45.0 Å². The predicted molar refractivity (Wildman–Crippen MR) is 136 cm³/mol. The third-order valence-electron chi connectivity index (χ3n) is 5.18. The Balaban J connectivity index is 1.64. The molecule has 0 saturated heterocycles. The zero-order valence-corrected chi connectivity index (χ0v) is 20.1. The second kappa shape index (κ2) is 9.65. The van der Waals surface area contributed by atoms with E-state index in [9.17, 15) is 19.2 Å². The molecule has 0 unspecified atom stereocenters. The van der Waals surface area contributed by atoms with Crippen LogP contribution in [0.1, 0.15) is 0 Å². The Morgan fingerprint density at radius 1 is 1.18 bits per heavy atom. The Morgan fingerprint density at radius 3 is 2.62 bits per heavy atom. The van der Waals surface area contributed by atoms with Crippen LogP contribution in [-0.4, -0.2) is 30.3 Å². The molecule has 34 heavy (non-hydrogen) atoms. The van der Waals surface area contributed by atoms with E-state index < -0.39 is 17.2 Å². The lowest BCUT2D eigenvalue weighted by molar-refractivity contribution is -0.113. The molecular formula is C23H21N5O4S2. The van der Waals surface area contributed by atoms with Gasteiger partial charge in [-0.05, 0) is 5.56 Å². The van der Waals surface area contributed by atoms with E-state index in [1.807, 2.05) is 35.7 Å². The topological polar surface area (TPSA) is 108 Å². The quantitative estimate of drug-likeness (QED) is 0.240. The highest BCUT2D eigenvalue weighted by atomic mass is 32.2. The maximum atomic E-state index is 13.4. The van der Waals surface area contributed by atoms with Crippen LogP contribution >= 0.6 is 23.1 Å². The summed E-state index contributed by atoms with van der Waals surface area (Å²) >= 11 is 2.46. The van der Waals surface area contributed by atoms with Gasteiger partial charge in [-0.15, -0.1) is 17.9 Å². The Hall–Kier alpha value is -3.70. The van der Waals surface area contributed by atoms with Crippen LogP contribution in [0.25, 0.3) is 21.3 Å². The van der Waals surface area contributed by atoms with Crippen molar-refractivity contribution in [3.05, 3.63) is 85.6 Å². The summed E-state index contributed by atoms with van der Waals surface area (Å²) in [5.41, 5.74) is 0.468. The molecule has 0 atom stereocenters. The van der Waals surface area contributed by atoms with E-state index in [4.69, 9.17) is 0 Å². The Kier molecular flexibility index (Phi) is 6.66. The van der Waals surface area contributed by atoms with Gasteiger partial charge in [0.1, 0.15) is 10.6 Å². The van der Waals surface area contributed by atoms with Gasteiger partial charge >= 0.3 is 5.69 Å². The summed E-state index contributed by atoms with van der Waals surface area (Å²) in [6.07, 6.45) is 1.60. The molecule has 3 heterocycles. The summed E-state index contributed by atoms with van der Waals surface area (Å²) in [6, 6.07) is 10.8. The highest BCUT2D eigenvalue weighted by molar-refractivity contribution is 7.99. The molecule has 9 nitrogen and oxygen atoms in total. The fourth-order valence-electron chi connectivity index (χ4n) is 3.40. The number of aromatic nitrogens is 4. The number of allylic oxidation sites excluding steroid dienone is 1. The van der Waals surface area contributed by atoms with E-state index in [0.29, 0.717) is 15.4 Å². The first-order chi connectivity index (χ1) is 16.3. The van der Waals surface area contributed by atoms with Gasteiger partial charge in [0.25, 0.3) is 11.1 Å². The number of carbonyl (C=O) groups is 1. The second-order valence-corrected chi connectivity index (χ2v) is 9.20. The zero-order chi connectivity index (χ0) is 24.4. The van der Waals surface area contributed by atoms with Gasteiger partial charge in [-0.3, -0.25) is 28.1 Å². The minimum Gasteiger partial charge on any atom is -0.311 e. The lowest BCUT2D eigenvalue weighted by atomic mass is 10.1. The molecule has 0 aliphatic heterocycles. The molecule has 3 aromatic heterocycles. The molecule has 4 aromatic rings. The number of thiophene rings is 1. The second-order valence-electron chi connectivity index (χ2n) is 7.40. The minimum atomic E-state index is -0.547. The molecule has 174 valence electrons. The van der Waals surface area contributed by atoms with Gasteiger partial charge in [0.05, 0.1) is 11.1 Å². The average Bonchev–Trinajstić information content (AvgIpc) is 3.26. The fourth-order valence-corrected chi connectivity index (χ4v) is 5.20. The minimum absolute atomic E-state index is 0.0740. The fraction of sp³-hybridized carbons (Fsp3) is 0.174. The van der Waals surface area contributed by atoms with Crippen LogP contribution in [0.4, 0.5) is 5.82 Å². The van der Waals surface area contributed by atoms with Gasteiger partial charge in [0.15, 0.2) is 5.16 Å². The van der Waals surface area contributed by atoms with Gasteiger partial charge in [0.2, 0.25) is 5.91 Å². The van der Waals surface area contributed by atoms with Crippen LogP contribution in [0.2, 0.25) is 0 Å². The highest BCUT2D eigenvalue weighted by Crippen LogP contribution is 2.32. The standard InChI is InChI=1S/C23H21N5O4S2/c1-4-10-28-21(31)19-15(14-8-6-5-7-9-14)12-33-20(19)25-22(28)34-13-17(29)24-16-11-18(30)27(3)23(32)26(16)2/h4-9,11-12H,1,10,13H2,2-3H3,(H,24,29). The van der Waals surface area contributed by atoms with Crippen molar-refractivity contribution in [2.45, 2.75) is 11.7 Å². The molecule has 0 bridgehead atoms. The summed E-state index contributed by atoms with van der Waals surface area (Å²) in [6.45, 7) is 3.97. The number of benzene rings is 1. The lowest BCUT2D eigenvalue weighted by Crippen LogP contribution is -2.38. The van der Waals surface area contributed by atoms with Crippen LogP contribution in [0.15, 0.2) is 74.0 Å². The van der Waals surface area contributed by atoms with Crippen molar-refractivity contribution in [1.29, 1.82) is 0 Å². The molecule has 0 aliphatic rings. The Bertz CT molecular complexity index is 1580. The van der Waals surface area contributed by atoms with Gasteiger partial charge < -0.3 is 5.32 Å². The van der Waals surface area contributed by atoms with Crippen molar-refractivity contribution in [1.82, 2.24) is 18.7 Å². The number of rotatable bonds is 7. The highest BCUT2D eigenvalue weighted by Gasteiger charge is 2.18. The summed E-state index contributed by atoms with van der Waals surface area (Å²) in [7, 11) is 2.82. The molecule has 0 aliphatic carbocycles. The van der Waals surface area contributed by atoms with Crippen molar-refractivity contribution in [2.75, 3.05) is 11.1 Å². The number of carbonyl (C=O) groups excluding carboxylic acids is 1. The first kappa shape index (κ1) is 23.5. The number of thioether (sulfide) groups is 1. The molecule has 11 heteroatoms. The summed E-state index contributed by atoms with van der Waals surface area (Å²) in [5, 5.41) is 5.39. The van der Waals surface area contributed by atoms with Gasteiger partial charge in [-0.2, -0.15) is 0 Å². The van der Waals surface area contributed by atoms with Crippen LogP contribution in [0.3, 0.4) is 0 Å². The first-order valence-electron chi connectivity index (χ1n) is 10.2. The predicted octanol–water partition coefficient (Wildman–Crippen LogP) is 2.44. The van der Waals surface area contributed by atoms with Crippen molar-refractivity contribution in [3.8, 4) is 11.1 Å². The maximum absolute atomic E-state index is 13.4. The number of fused-ring (bicyclic) bond motifs is 1. The Labute approximate surface area is 202 Å². The van der Waals surface area contributed by atoms with Gasteiger partial charge in [-0.25, -0.2) is 9.78 Å². The summed E-state index contributed by atoms with van der Waals surface area (Å²) in [5.74, 6) is -0.421. The molecule has 1 amide bonds. The van der Waals surface area contributed by atoms with Gasteiger partial charge in [-0.1, -0.05) is 48.2 Å².